The van der Waals surface area contributed by atoms with Gasteiger partial charge in [0.05, 0.1) is 13.1 Å². The third kappa shape index (κ3) is 6.86. The monoisotopic (exact) mass is 346 g/mol. The molecule has 1 atom stereocenters. The van der Waals surface area contributed by atoms with E-state index in [0.717, 1.165) is 38.8 Å². The Balaban J connectivity index is 1.67. The van der Waals surface area contributed by atoms with E-state index in [1.807, 2.05) is 6.92 Å². The van der Waals surface area contributed by atoms with E-state index in [1.165, 1.54) is 10.5 Å². The van der Waals surface area contributed by atoms with E-state index < -0.39 is 6.04 Å². The van der Waals surface area contributed by atoms with E-state index in [9.17, 15) is 9.59 Å². The quantitative estimate of drug-likeness (QED) is 0.644. The molecule has 0 bridgehead atoms. The molecule has 0 unspecified atom stereocenters. The van der Waals surface area contributed by atoms with E-state index in [0.29, 0.717) is 19.0 Å². The molecule has 1 saturated heterocycles. The molecular weight excluding hydrogens is 314 g/mol. The zero-order valence-electron chi connectivity index (χ0n) is 15.5. The maximum Gasteiger partial charge on any atom is 0.275 e. The lowest BCUT2D eigenvalue weighted by molar-refractivity contribution is -0.898. The summed E-state index contributed by atoms with van der Waals surface area (Å²) >= 11 is 0. The highest BCUT2D eigenvalue weighted by atomic mass is 16.2. The molecule has 0 saturated carbocycles. The fourth-order valence-electron chi connectivity index (χ4n) is 3.40. The van der Waals surface area contributed by atoms with Crippen LogP contribution in [0.3, 0.4) is 0 Å². The number of quaternary nitrogens is 1. The summed E-state index contributed by atoms with van der Waals surface area (Å²) in [6.07, 6.45) is 4.34. The number of likely N-dealkylation sites (tertiary alicyclic amines) is 1. The Kier molecular flexibility index (Phi) is 7.92. The Hall–Kier alpha value is -1.88. The van der Waals surface area contributed by atoms with Gasteiger partial charge in [-0.1, -0.05) is 37.3 Å². The lowest BCUT2D eigenvalue weighted by Crippen LogP contribution is -3.14. The van der Waals surface area contributed by atoms with Crippen molar-refractivity contribution in [2.45, 2.75) is 45.6 Å². The molecule has 1 fully saturated rings. The highest BCUT2D eigenvalue weighted by molar-refractivity contribution is 5.87. The number of benzene rings is 1. The van der Waals surface area contributed by atoms with Crippen LogP contribution in [-0.4, -0.2) is 44.0 Å². The highest BCUT2D eigenvalue weighted by Gasteiger charge is 2.25. The summed E-state index contributed by atoms with van der Waals surface area (Å²) in [5, 5.41) is 5.62. The molecule has 138 valence electrons. The van der Waals surface area contributed by atoms with E-state index >= 15 is 0 Å². The first-order valence-electron chi connectivity index (χ1n) is 9.53. The minimum atomic E-state index is -0.464. The summed E-state index contributed by atoms with van der Waals surface area (Å²) < 4.78 is 0. The minimum absolute atomic E-state index is 0.0318. The van der Waals surface area contributed by atoms with Crippen molar-refractivity contribution in [3.05, 3.63) is 35.9 Å². The van der Waals surface area contributed by atoms with Crippen LogP contribution in [0.5, 0.6) is 0 Å². The van der Waals surface area contributed by atoms with Crippen LogP contribution in [0, 0.1) is 5.92 Å². The summed E-state index contributed by atoms with van der Waals surface area (Å²) in [6.45, 7) is 6.92. The summed E-state index contributed by atoms with van der Waals surface area (Å²) in [5.74, 6) is 0.579. The Labute approximate surface area is 151 Å². The summed E-state index contributed by atoms with van der Waals surface area (Å²) in [4.78, 5) is 25.3. The highest BCUT2D eigenvalue weighted by Crippen LogP contribution is 2.16. The SMILES string of the molecule is CCCNC(=O)[C@@H](C)NC(=O)C[NH+]1CCC(Cc2ccccc2)CC1. The topological polar surface area (TPSA) is 62.6 Å². The Bertz CT molecular complexity index is 539. The molecule has 2 rings (SSSR count). The maximum atomic E-state index is 12.2. The standard InChI is InChI=1S/C20H31N3O2/c1-3-11-21-20(25)16(2)22-19(24)15-23-12-9-18(10-13-23)14-17-7-5-4-6-8-17/h4-8,16,18H,3,9-15H2,1-2H3,(H,21,25)(H,22,24)/p+1/t16-/m1/s1. The van der Waals surface area contributed by atoms with E-state index in [-0.39, 0.29) is 11.8 Å². The van der Waals surface area contributed by atoms with Gasteiger partial charge in [0.25, 0.3) is 5.91 Å². The normalized spacial score (nSPS) is 21.4. The van der Waals surface area contributed by atoms with Crippen molar-refractivity contribution in [3.8, 4) is 0 Å². The van der Waals surface area contributed by atoms with Crippen molar-refractivity contribution in [3.63, 3.8) is 0 Å². The van der Waals surface area contributed by atoms with Crippen LogP contribution in [0.2, 0.25) is 0 Å². The van der Waals surface area contributed by atoms with Crippen LogP contribution in [0.15, 0.2) is 30.3 Å². The second-order valence-electron chi connectivity index (χ2n) is 7.14. The number of hydrogen-bond donors (Lipinski definition) is 3. The molecule has 1 heterocycles. The van der Waals surface area contributed by atoms with Crippen molar-refractivity contribution >= 4 is 11.8 Å². The molecule has 0 radical (unpaired) electrons. The first-order valence-corrected chi connectivity index (χ1v) is 9.53. The third-order valence-electron chi connectivity index (χ3n) is 4.91. The van der Waals surface area contributed by atoms with Crippen LogP contribution in [0.4, 0.5) is 0 Å². The fourth-order valence-corrected chi connectivity index (χ4v) is 3.40. The van der Waals surface area contributed by atoms with Crippen LogP contribution >= 0.6 is 0 Å². The summed E-state index contributed by atoms with van der Waals surface area (Å²) in [5.41, 5.74) is 1.40. The second kappa shape index (κ2) is 10.2. The molecule has 1 aromatic carbocycles. The Morgan fingerprint density at radius 2 is 1.88 bits per heavy atom. The number of carbonyl (C=O) groups excluding carboxylic acids is 2. The van der Waals surface area contributed by atoms with Gasteiger partial charge in [-0.3, -0.25) is 9.59 Å². The van der Waals surface area contributed by atoms with Crippen molar-refractivity contribution in [2.75, 3.05) is 26.2 Å². The number of piperidine rings is 1. The van der Waals surface area contributed by atoms with Crippen LogP contribution in [0.25, 0.3) is 0 Å². The zero-order chi connectivity index (χ0) is 18.1. The molecule has 2 amide bonds. The van der Waals surface area contributed by atoms with E-state index in [4.69, 9.17) is 0 Å². The van der Waals surface area contributed by atoms with Gasteiger partial charge in [0.1, 0.15) is 6.04 Å². The third-order valence-corrected chi connectivity index (χ3v) is 4.91. The van der Waals surface area contributed by atoms with Gasteiger partial charge in [0.2, 0.25) is 5.91 Å². The zero-order valence-corrected chi connectivity index (χ0v) is 15.5. The van der Waals surface area contributed by atoms with Crippen LogP contribution in [-0.2, 0) is 16.0 Å². The molecular formula is C20H32N3O2+. The second-order valence-corrected chi connectivity index (χ2v) is 7.14. The largest absolute Gasteiger partial charge is 0.354 e. The lowest BCUT2D eigenvalue weighted by atomic mass is 9.90. The minimum Gasteiger partial charge on any atom is -0.354 e. The molecule has 1 aromatic rings. The summed E-state index contributed by atoms with van der Waals surface area (Å²) in [7, 11) is 0. The van der Waals surface area contributed by atoms with Gasteiger partial charge >= 0.3 is 0 Å². The molecule has 1 aliphatic rings. The van der Waals surface area contributed by atoms with Gasteiger partial charge in [-0.05, 0) is 44.1 Å². The molecule has 25 heavy (non-hydrogen) atoms. The van der Waals surface area contributed by atoms with E-state index in [1.54, 1.807) is 6.92 Å². The predicted octanol–water partition coefficient (Wildman–Crippen LogP) is 0.555. The first-order chi connectivity index (χ1) is 12.1. The van der Waals surface area contributed by atoms with Crippen LogP contribution in [0.1, 0.15) is 38.7 Å². The Morgan fingerprint density at radius 3 is 2.52 bits per heavy atom. The molecule has 0 aliphatic carbocycles. The van der Waals surface area contributed by atoms with Gasteiger partial charge in [-0.25, -0.2) is 0 Å². The molecule has 0 spiro atoms. The molecule has 0 aromatic heterocycles. The number of rotatable bonds is 8. The number of amides is 2. The lowest BCUT2D eigenvalue weighted by Gasteiger charge is -2.29. The average Bonchev–Trinajstić information content (AvgIpc) is 2.62. The van der Waals surface area contributed by atoms with Crippen molar-refractivity contribution < 1.29 is 14.5 Å². The fraction of sp³-hybridized carbons (Fsp3) is 0.600. The number of nitrogens with one attached hydrogen (secondary N) is 3. The summed E-state index contributed by atoms with van der Waals surface area (Å²) in [6, 6.07) is 10.2. The smallest absolute Gasteiger partial charge is 0.275 e. The predicted molar refractivity (Wildman–Crippen MR) is 99.3 cm³/mol. The average molecular weight is 346 g/mol. The van der Waals surface area contributed by atoms with Crippen molar-refractivity contribution in [1.82, 2.24) is 10.6 Å². The van der Waals surface area contributed by atoms with Gasteiger partial charge in [-0.15, -0.1) is 0 Å². The van der Waals surface area contributed by atoms with Crippen LogP contribution < -0.4 is 15.5 Å². The van der Waals surface area contributed by atoms with E-state index in [2.05, 4.69) is 41.0 Å². The maximum absolute atomic E-state index is 12.2. The number of hydrogen-bond acceptors (Lipinski definition) is 2. The Morgan fingerprint density at radius 1 is 1.20 bits per heavy atom. The van der Waals surface area contributed by atoms with Gasteiger partial charge in [-0.2, -0.15) is 0 Å². The van der Waals surface area contributed by atoms with Crippen molar-refractivity contribution in [2.24, 2.45) is 5.92 Å². The molecule has 3 N–H and O–H groups in total. The molecule has 1 aliphatic heterocycles. The van der Waals surface area contributed by atoms with Gasteiger partial charge in [0.15, 0.2) is 6.54 Å². The molecule has 5 nitrogen and oxygen atoms in total. The first kappa shape index (κ1) is 19.4. The van der Waals surface area contributed by atoms with Crippen molar-refractivity contribution in [1.29, 1.82) is 0 Å². The van der Waals surface area contributed by atoms with Gasteiger partial charge in [0, 0.05) is 6.54 Å². The van der Waals surface area contributed by atoms with Gasteiger partial charge < -0.3 is 15.5 Å². The molecule has 5 heteroatoms. The number of carbonyl (C=O) groups is 2.